The summed E-state index contributed by atoms with van der Waals surface area (Å²) in [7, 11) is 1.64. The first-order valence-corrected chi connectivity index (χ1v) is 12.9. The van der Waals surface area contributed by atoms with E-state index in [0.29, 0.717) is 22.6 Å². The summed E-state index contributed by atoms with van der Waals surface area (Å²) in [5.74, 6) is 1.49. The summed E-state index contributed by atoms with van der Waals surface area (Å²) in [5, 5.41) is 4.12. The zero-order chi connectivity index (χ0) is 23.9. The molecule has 0 amide bonds. The number of rotatable bonds is 7. The Morgan fingerprint density at radius 3 is 2.50 bits per heavy atom. The Bertz CT molecular complexity index is 1500. The molecule has 0 radical (unpaired) electrons. The third-order valence-corrected chi connectivity index (χ3v) is 7.79. The topological polar surface area (TPSA) is 88.6 Å². The molecule has 4 aromatic rings. The average Bonchev–Trinajstić information content (AvgIpc) is 3.66. The summed E-state index contributed by atoms with van der Waals surface area (Å²) < 4.78 is 16.8. The van der Waals surface area contributed by atoms with Crippen LogP contribution in [0.4, 0.5) is 0 Å². The summed E-state index contributed by atoms with van der Waals surface area (Å²) in [6, 6.07) is 12.0. The second-order valence-electron chi connectivity index (χ2n) is 9.15. The lowest BCUT2D eigenvalue weighted by atomic mass is 10.0. The molecule has 0 atom stereocenters. The molecule has 1 aliphatic carbocycles. The molecule has 10 heteroatoms. The van der Waals surface area contributed by atoms with E-state index in [0.717, 1.165) is 68.0 Å². The van der Waals surface area contributed by atoms with Crippen LogP contribution in [-0.2, 0) is 0 Å². The molecule has 2 fully saturated rings. The van der Waals surface area contributed by atoms with Gasteiger partial charge >= 0.3 is 0 Å². The minimum absolute atomic E-state index is 0. The van der Waals surface area contributed by atoms with Crippen molar-refractivity contribution in [2.24, 2.45) is 0 Å². The molecule has 8 nitrogen and oxygen atoms in total. The highest BCUT2D eigenvalue weighted by molar-refractivity contribution is 7.12. The van der Waals surface area contributed by atoms with Crippen LogP contribution in [0.5, 0.6) is 11.5 Å². The van der Waals surface area contributed by atoms with E-state index < -0.39 is 0 Å². The summed E-state index contributed by atoms with van der Waals surface area (Å²) in [4.78, 5) is 28.7. The fourth-order valence-electron chi connectivity index (χ4n) is 4.97. The van der Waals surface area contributed by atoms with Crippen LogP contribution in [0.25, 0.3) is 32.2 Å². The van der Waals surface area contributed by atoms with Crippen molar-refractivity contribution in [3.63, 3.8) is 0 Å². The van der Waals surface area contributed by atoms with Crippen molar-refractivity contribution in [3.05, 3.63) is 57.0 Å². The fraction of sp³-hybridized carbons (Fsp3) is 0.385. The predicted octanol–water partition coefficient (Wildman–Crippen LogP) is 3.62. The second kappa shape index (κ2) is 10.3. The zero-order valence-corrected chi connectivity index (χ0v) is 21.7. The first-order valence-electron chi connectivity index (χ1n) is 12.1. The van der Waals surface area contributed by atoms with Crippen LogP contribution >= 0.6 is 23.9 Å². The van der Waals surface area contributed by atoms with E-state index >= 15 is 0 Å². The molecular weight excluding hydrogens is 500 g/mol. The van der Waals surface area contributed by atoms with Crippen LogP contribution in [-0.4, -0.2) is 60.3 Å². The van der Waals surface area contributed by atoms with E-state index in [2.05, 4.69) is 19.2 Å². The van der Waals surface area contributed by atoms with E-state index in [-0.39, 0.29) is 34.8 Å². The molecule has 2 N–H and O–H groups in total. The number of nitrogens with zero attached hydrogens (tertiary/aromatic N) is 2. The highest BCUT2D eigenvalue weighted by Gasteiger charge is 2.30. The molecule has 0 bridgehead atoms. The van der Waals surface area contributed by atoms with Crippen LogP contribution in [0.2, 0.25) is 0 Å². The summed E-state index contributed by atoms with van der Waals surface area (Å²) in [6.07, 6.45) is 2.04. The van der Waals surface area contributed by atoms with Gasteiger partial charge < -0.3 is 19.4 Å². The van der Waals surface area contributed by atoms with Crippen LogP contribution in [0.15, 0.2) is 46.0 Å². The number of benzene rings is 2. The van der Waals surface area contributed by atoms with Crippen molar-refractivity contribution in [3.8, 4) is 22.6 Å². The maximum atomic E-state index is 13.2. The Hall–Kier alpha value is -2.85. The smallest absolute Gasteiger partial charge is 0.271 e. The maximum absolute atomic E-state index is 13.2. The lowest BCUT2D eigenvalue weighted by Crippen LogP contribution is -2.44. The van der Waals surface area contributed by atoms with E-state index in [4.69, 9.17) is 9.47 Å². The molecule has 0 spiro atoms. The minimum atomic E-state index is -0.318. The van der Waals surface area contributed by atoms with Gasteiger partial charge in [-0.25, -0.2) is 0 Å². The van der Waals surface area contributed by atoms with Crippen LogP contribution < -0.4 is 25.8 Å². The summed E-state index contributed by atoms with van der Waals surface area (Å²) in [6.45, 7) is 5.75. The fourth-order valence-corrected chi connectivity index (χ4v) is 5.88. The third-order valence-electron chi connectivity index (χ3n) is 6.91. The molecule has 1 saturated carbocycles. The van der Waals surface area contributed by atoms with Gasteiger partial charge in [0.1, 0.15) is 22.6 Å². The highest BCUT2D eigenvalue weighted by Crippen LogP contribution is 2.44. The van der Waals surface area contributed by atoms with Gasteiger partial charge in [-0.1, -0.05) is 12.1 Å². The lowest BCUT2D eigenvalue weighted by Gasteiger charge is -2.26. The van der Waals surface area contributed by atoms with Gasteiger partial charge in [0.05, 0.1) is 18.0 Å². The molecule has 2 aromatic carbocycles. The number of halogens is 1. The van der Waals surface area contributed by atoms with Gasteiger partial charge in [0.15, 0.2) is 5.75 Å². The van der Waals surface area contributed by atoms with E-state index in [1.165, 1.54) is 11.5 Å². The van der Waals surface area contributed by atoms with Crippen LogP contribution in [0, 0.1) is 0 Å². The number of aromatic nitrogens is 2. The number of ether oxygens (including phenoxy) is 2. The monoisotopic (exact) mass is 528 g/mol. The molecule has 3 heterocycles. The zero-order valence-electron chi connectivity index (χ0n) is 20.0. The second-order valence-corrected chi connectivity index (χ2v) is 9.95. The Kier molecular flexibility index (Phi) is 7.07. The minimum Gasteiger partial charge on any atom is -0.494 e. The molecule has 190 valence electrons. The standard InChI is InChI=1S/C26H28N4O4S.ClH/c1-33-24-19(16-2-6-18(7-3-16)34-15-14-29-12-10-27-11-13-29)8-9-20-22(24)30(17-4-5-17)26-21(23(20)31)25(32)28-35-26;/h2-3,6-9,17,27H,4-5,10-15H2,1H3,(H,28,32);1H. The van der Waals surface area contributed by atoms with E-state index in [9.17, 15) is 9.59 Å². The Balaban J connectivity index is 0.00000267. The molecule has 0 unspecified atom stereocenters. The first kappa shape index (κ1) is 24.8. The quantitative estimate of drug-likeness (QED) is 0.381. The van der Waals surface area contributed by atoms with E-state index in [1.54, 1.807) is 7.11 Å². The first-order chi connectivity index (χ1) is 17.2. The van der Waals surface area contributed by atoms with Crippen LogP contribution in [0.3, 0.4) is 0 Å². The number of hydrogen-bond acceptors (Lipinski definition) is 7. The summed E-state index contributed by atoms with van der Waals surface area (Å²) >= 11 is 1.22. The average molecular weight is 529 g/mol. The van der Waals surface area contributed by atoms with Crippen molar-refractivity contribution >= 4 is 45.1 Å². The molecular formula is C26H29ClN4O4S. The Morgan fingerprint density at radius 2 is 1.81 bits per heavy atom. The molecule has 6 rings (SSSR count). The number of pyridine rings is 1. The van der Waals surface area contributed by atoms with Crippen molar-refractivity contribution in [2.75, 3.05) is 46.4 Å². The van der Waals surface area contributed by atoms with Crippen LogP contribution in [0.1, 0.15) is 18.9 Å². The van der Waals surface area contributed by atoms with Gasteiger partial charge in [-0.15, -0.1) is 12.4 Å². The molecule has 2 aromatic heterocycles. The van der Waals surface area contributed by atoms with Gasteiger partial charge in [0.2, 0.25) is 5.43 Å². The number of methoxy groups -OCH3 is 1. The van der Waals surface area contributed by atoms with E-state index in [1.807, 2.05) is 36.4 Å². The molecule has 1 aliphatic heterocycles. The predicted molar refractivity (Wildman–Crippen MR) is 147 cm³/mol. The number of nitrogens with one attached hydrogen (secondary N) is 2. The highest BCUT2D eigenvalue weighted by atomic mass is 35.5. The lowest BCUT2D eigenvalue weighted by molar-refractivity contribution is 0.191. The number of fused-ring (bicyclic) bond motifs is 2. The van der Waals surface area contributed by atoms with Crippen molar-refractivity contribution in [1.82, 2.24) is 19.2 Å². The Morgan fingerprint density at radius 1 is 1.06 bits per heavy atom. The van der Waals surface area contributed by atoms with Crippen molar-refractivity contribution in [1.29, 1.82) is 0 Å². The molecule has 1 saturated heterocycles. The SMILES string of the molecule is COc1c(-c2ccc(OCCN3CCNCC3)cc2)ccc2c(=O)c3c(=O)[nH]sc3n(C3CC3)c12.Cl. The van der Waals surface area contributed by atoms with Gasteiger partial charge in [-0.05, 0) is 54.2 Å². The third kappa shape index (κ3) is 4.41. The number of hydrogen-bond donors (Lipinski definition) is 2. The normalized spacial score (nSPS) is 16.2. The maximum Gasteiger partial charge on any atom is 0.271 e. The van der Waals surface area contributed by atoms with Gasteiger partial charge in [0.25, 0.3) is 5.56 Å². The molecule has 36 heavy (non-hydrogen) atoms. The molecule has 2 aliphatic rings. The van der Waals surface area contributed by atoms with Crippen molar-refractivity contribution < 1.29 is 9.47 Å². The van der Waals surface area contributed by atoms with Crippen molar-refractivity contribution in [2.45, 2.75) is 18.9 Å². The summed E-state index contributed by atoms with van der Waals surface area (Å²) in [5.41, 5.74) is 2.09. The number of aromatic amines is 1. The van der Waals surface area contributed by atoms with Gasteiger partial charge in [0, 0.05) is 44.3 Å². The number of piperazine rings is 1. The van der Waals surface area contributed by atoms with Gasteiger partial charge in [-0.2, -0.15) is 0 Å². The van der Waals surface area contributed by atoms with Gasteiger partial charge in [-0.3, -0.25) is 18.9 Å². The largest absolute Gasteiger partial charge is 0.494 e. The number of H-pyrrole nitrogens is 1. The Labute approximate surface area is 218 Å².